The lowest BCUT2D eigenvalue weighted by molar-refractivity contribution is 0.165. The fourth-order valence-corrected chi connectivity index (χ4v) is 6.16. The van der Waals surface area contributed by atoms with Gasteiger partial charge in [-0.1, -0.05) is 24.3 Å². The van der Waals surface area contributed by atoms with E-state index in [0.29, 0.717) is 66.0 Å². The van der Waals surface area contributed by atoms with Crippen LogP contribution in [0.2, 0.25) is 0 Å². The van der Waals surface area contributed by atoms with Crippen LogP contribution < -0.4 is 22.1 Å². The highest BCUT2D eigenvalue weighted by Crippen LogP contribution is 2.34. The van der Waals surface area contributed by atoms with Crippen molar-refractivity contribution in [3.05, 3.63) is 87.8 Å². The van der Waals surface area contributed by atoms with Gasteiger partial charge in [-0.2, -0.15) is 19.9 Å². The third kappa shape index (κ3) is 5.53. The smallest absolute Gasteiger partial charge is 0.227 e. The van der Waals surface area contributed by atoms with Crippen molar-refractivity contribution in [3.63, 3.8) is 0 Å². The molecule has 1 aromatic carbocycles. The van der Waals surface area contributed by atoms with Crippen LogP contribution in [0.4, 0.5) is 23.5 Å². The van der Waals surface area contributed by atoms with Crippen molar-refractivity contribution in [2.75, 3.05) is 28.6 Å². The van der Waals surface area contributed by atoms with Crippen molar-refractivity contribution in [3.8, 4) is 0 Å². The summed E-state index contributed by atoms with van der Waals surface area (Å²) in [6, 6.07) is 11.6. The number of aromatic amines is 1. The maximum Gasteiger partial charge on any atom is 0.227 e. The van der Waals surface area contributed by atoms with E-state index in [-0.39, 0.29) is 6.04 Å². The van der Waals surface area contributed by atoms with Crippen molar-refractivity contribution in [1.29, 1.82) is 0 Å². The van der Waals surface area contributed by atoms with Crippen LogP contribution in [0.5, 0.6) is 0 Å². The number of nitrogens with two attached hydrogens (primary N) is 2. The highest BCUT2D eigenvalue weighted by atomic mass is 16.3. The molecule has 8 N–H and O–H groups in total. The number of anilines is 4. The van der Waals surface area contributed by atoms with E-state index in [0.717, 1.165) is 50.5 Å². The van der Waals surface area contributed by atoms with Crippen molar-refractivity contribution in [2.24, 2.45) is 0 Å². The number of nitrogen functional groups attached to an aromatic ring is 2. The number of aromatic nitrogens is 8. The van der Waals surface area contributed by atoms with Crippen LogP contribution in [0.25, 0.3) is 22.1 Å². The molecule has 13 heteroatoms. The van der Waals surface area contributed by atoms with Crippen LogP contribution in [0.15, 0.2) is 42.6 Å². The molecule has 5 aromatic heterocycles. The van der Waals surface area contributed by atoms with Crippen LogP contribution in [-0.2, 0) is 19.3 Å². The summed E-state index contributed by atoms with van der Waals surface area (Å²) in [7, 11) is 0. The molecule has 2 atom stereocenters. The molecule has 1 aliphatic rings. The average Bonchev–Trinajstić information content (AvgIpc) is 3.55. The van der Waals surface area contributed by atoms with Gasteiger partial charge in [-0.15, -0.1) is 0 Å². The average molecular weight is 603 g/mol. The number of H-pyrrole nitrogens is 1. The number of fused-ring (bicyclic) bond motifs is 3. The highest BCUT2D eigenvalue weighted by Gasteiger charge is 2.31. The summed E-state index contributed by atoms with van der Waals surface area (Å²) in [6.45, 7) is 6.44. The molecule has 1 aliphatic carbocycles. The van der Waals surface area contributed by atoms with Gasteiger partial charge in [0.05, 0.1) is 22.9 Å². The van der Waals surface area contributed by atoms with E-state index in [2.05, 4.69) is 40.5 Å². The number of aliphatic hydroxyl groups is 1. The number of hydrogen-bond acceptors (Lipinski definition) is 12. The maximum absolute atomic E-state index is 10.7. The Balaban J connectivity index is 1.04. The maximum atomic E-state index is 10.7. The zero-order chi connectivity index (χ0) is 31.2. The van der Waals surface area contributed by atoms with Gasteiger partial charge in [0.15, 0.2) is 11.3 Å². The predicted molar refractivity (Wildman–Crippen MR) is 174 cm³/mol. The van der Waals surface area contributed by atoms with E-state index in [1.54, 1.807) is 0 Å². The van der Waals surface area contributed by atoms with Crippen molar-refractivity contribution in [1.82, 2.24) is 39.9 Å². The molecular weight excluding hydrogens is 568 g/mol. The summed E-state index contributed by atoms with van der Waals surface area (Å²) in [6.07, 6.45) is 2.96. The molecule has 45 heavy (non-hydrogen) atoms. The standard InChI is InChI=1S/C32H34N12O/c1-15-10-17(3)37-29-24(15)27(33)41-31(43-29)35-9-8-23-36-14-20(38-23)13-19-11-16(2)25-28(34)42-32(44-30(25)39-19)40-26-21-7-5-4-6-18(21)12-22(26)45/h4-7,10-11,14,22,26,45H,8-9,12-13H2,1-3H3,(H,36,38)(H3,33,35,37,41,43)(H3,34,39,40,42,44). The Kier molecular flexibility index (Phi) is 7.09. The molecule has 5 heterocycles. The Morgan fingerprint density at radius 1 is 0.889 bits per heavy atom. The molecule has 7 rings (SSSR count). The summed E-state index contributed by atoms with van der Waals surface area (Å²) in [5.41, 5.74) is 20.4. The minimum Gasteiger partial charge on any atom is -0.390 e. The van der Waals surface area contributed by atoms with E-state index >= 15 is 0 Å². The number of benzene rings is 1. The Labute approximate surface area is 259 Å². The Morgan fingerprint density at radius 2 is 1.60 bits per heavy atom. The van der Waals surface area contributed by atoms with E-state index < -0.39 is 6.10 Å². The lowest BCUT2D eigenvalue weighted by Gasteiger charge is -2.18. The van der Waals surface area contributed by atoms with Gasteiger partial charge in [-0.25, -0.2) is 15.0 Å². The molecule has 0 fully saturated rings. The topological polar surface area (TPSA) is 202 Å². The third-order valence-electron chi connectivity index (χ3n) is 8.15. The molecule has 0 radical (unpaired) electrons. The van der Waals surface area contributed by atoms with Gasteiger partial charge in [0, 0.05) is 49.1 Å². The quantitative estimate of drug-likeness (QED) is 0.148. The fraction of sp³-hybridized carbons (Fsp3) is 0.281. The molecule has 228 valence electrons. The first-order valence-corrected chi connectivity index (χ1v) is 14.9. The summed E-state index contributed by atoms with van der Waals surface area (Å²) in [5.74, 6) is 2.33. The number of imidazole rings is 1. The molecule has 0 saturated carbocycles. The molecule has 0 spiro atoms. The summed E-state index contributed by atoms with van der Waals surface area (Å²) >= 11 is 0. The van der Waals surface area contributed by atoms with Crippen molar-refractivity contribution < 1.29 is 5.11 Å². The monoisotopic (exact) mass is 602 g/mol. The van der Waals surface area contributed by atoms with Gasteiger partial charge >= 0.3 is 0 Å². The van der Waals surface area contributed by atoms with Gasteiger partial charge < -0.3 is 32.2 Å². The summed E-state index contributed by atoms with van der Waals surface area (Å²) in [5, 5.41) is 18.7. The zero-order valence-corrected chi connectivity index (χ0v) is 25.3. The molecule has 0 saturated heterocycles. The second kappa shape index (κ2) is 11.2. The molecule has 13 nitrogen and oxygen atoms in total. The number of nitrogens with zero attached hydrogens (tertiary/aromatic N) is 7. The van der Waals surface area contributed by atoms with Crippen LogP contribution in [0, 0.1) is 20.8 Å². The number of aryl methyl sites for hydroxylation is 3. The zero-order valence-electron chi connectivity index (χ0n) is 25.3. The molecular formula is C32H34N12O. The SMILES string of the molecule is Cc1cc(C)c2c(N)nc(NCCc3ncc(Cc4cc(C)c5c(N)nc(NC6c7ccccc7CC6O)nc5n4)[nH]3)nc2n1. The lowest BCUT2D eigenvalue weighted by Crippen LogP contribution is -2.22. The number of aliphatic hydroxyl groups excluding tert-OH is 1. The van der Waals surface area contributed by atoms with E-state index in [4.69, 9.17) is 21.4 Å². The van der Waals surface area contributed by atoms with Crippen molar-refractivity contribution in [2.45, 2.75) is 52.2 Å². The van der Waals surface area contributed by atoms with Gasteiger partial charge in [0.1, 0.15) is 17.5 Å². The van der Waals surface area contributed by atoms with Crippen LogP contribution in [0.1, 0.15) is 51.2 Å². The largest absolute Gasteiger partial charge is 0.390 e. The Bertz CT molecular complexity index is 2070. The molecule has 0 amide bonds. The van der Waals surface area contributed by atoms with Crippen molar-refractivity contribution >= 4 is 45.6 Å². The molecule has 0 bridgehead atoms. The van der Waals surface area contributed by atoms with Crippen LogP contribution in [-0.4, -0.2) is 57.6 Å². The summed E-state index contributed by atoms with van der Waals surface area (Å²) < 4.78 is 0. The normalized spacial score (nSPS) is 15.9. The van der Waals surface area contributed by atoms with Gasteiger partial charge in [-0.05, 0) is 55.2 Å². The predicted octanol–water partition coefficient (Wildman–Crippen LogP) is 3.49. The molecule has 6 aromatic rings. The number of pyridine rings is 2. The van der Waals surface area contributed by atoms with Gasteiger partial charge in [0.25, 0.3) is 0 Å². The minimum absolute atomic E-state index is 0.324. The second-order valence-corrected chi connectivity index (χ2v) is 11.6. The van der Waals surface area contributed by atoms with E-state index in [9.17, 15) is 5.11 Å². The first-order chi connectivity index (χ1) is 21.7. The van der Waals surface area contributed by atoms with E-state index in [1.165, 1.54) is 0 Å². The molecule has 2 unspecified atom stereocenters. The number of hydrogen-bond donors (Lipinski definition) is 6. The molecule has 0 aliphatic heterocycles. The lowest BCUT2D eigenvalue weighted by atomic mass is 10.1. The van der Waals surface area contributed by atoms with E-state index in [1.807, 2.05) is 63.4 Å². The Morgan fingerprint density at radius 3 is 2.42 bits per heavy atom. The Hall–Kier alpha value is -5.43. The third-order valence-corrected chi connectivity index (χ3v) is 8.15. The highest BCUT2D eigenvalue weighted by molar-refractivity contribution is 5.90. The van der Waals surface area contributed by atoms with Gasteiger partial charge in [-0.3, -0.25) is 0 Å². The second-order valence-electron chi connectivity index (χ2n) is 11.6. The van der Waals surface area contributed by atoms with Crippen LogP contribution in [0.3, 0.4) is 0 Å². The first kappa shape index (κ1) is 28.3. The summed E-state index contributed by atoms with van der Waals surface area (Å²) in [4.78, 5) is 35.4. The first-order valence-electron chi connectivity index (χ1n) is 14.9. The fourth-order valence-electron chi connectivity index (χ4n) is 6.16. The minimum atomic E-state index is -0.586. The number of rotatable bonds is 8. The van der Waals surface area contributed by atoms with Gasteiger partial charge in [0.2, 0.25) is 11.9 Å². The van der Waals surface area contributed by atoms with Crippen LogP contribution >= 0.6 is 0 Å². The number of nitrogens with one attached hydrogen (secondary N) is 3.